The first-order valence-electron chi connectivity index (χ1n) is 6.12. The predicted octanol–water partition coefficient (Wildman–Crippen LogP) is 1.30. The van der Waals surface area contributed by atoms with Crippen LogP contribution in [0.5, 0.6) is 0 Å². The van der Waals surface area contributed by atoms with Gasteiger partial charge in [0.05, 0.1) is 5.56 Å². The second-order valence-corrected chi connectivity index (χ2v) is 4.03. The number of Topliss-reactive ketones (excluding diaryl/α,β-unsaturated/α-hetero) is 1. The van der Waals surface area contributed by atoms with Crippen LogP contribution >= 0.6 is 0 Å². The Labute approximate surface area is 107 Å². The zero-order chi connectivity index (χ0) is 13.7. The van der Waals surface area contributed by atoms with Crippen molar-refractivity contribution in [2.75, 3.05) is 0 Å². The van der Waals surface area contributed by atoms with Gasteiger partial charge in [-0.05, 0) is 33.3 Å². The molecule has 1 rings (SSSR count). The predicted molar refractivity (Wildman–Crippen MR) is 75.1 cm³/mol. The molecule has 3 nitrogen and oxygen atoms in total. The van der Waals surface area contributed by atoms with Crippen molar-refractivity contribution in [3.05, 3.63) is 44.2 Å². The van der Waals surface area contributed by atoms with Crippen molar-refractivity contribution < 1.29 is 4.79 Å². The number of pyridine rings is 1. The Kier molecular flexibility index (Phi) is 4.84. The lowest BCUT2D eigenvalue weighted by Crippen LogP contribution is -2.44. The fraction of sp³-hybridized carbons (Fsp3) is 0.333. The van der Waals surface area contributed by atoms with Gasteiger partial charge in [0.2, 0.25) is 0 Å². The van der Waals surface area contributed by atoms with E-state index in [0.717, 1.165) is 5.35 Å². The first-order chi connectivity index (χ1) is 8.56. The van der Waals surface area contributed by atoms with Crippen molar-refractivity contribution in [3.63, 3.8) is 0 Å². The summed E-state index contributed by atoms with van der Waals surface area (Å²) < 4.78 is 0. The van der Waals surface area contributed by atoms with Gasteiger partial charge in [0.1, 0.15) is 0 Å². The van der Waals surface area contributed by atoms with Crippen LogP contribution in [0.25, 0.3) is 12.2 Å². The molecule has 1 heterocycles. The van der Waals surface area contributed by atoms with Crippen LogP contribution in [0.2, 0.25) is 0 Å². The topological polar surface area (TPSA) is 49.9 Å². The Bertz CT molecular complexity index is 648. The number of hydrogen-bond donors (Lipinski definition) is 1. The first kappa shape index (κ1) is 14.2. The zero-order valence-electron chi connectivity index (χ0n) is 11.3. The number of aromatic amines is 1. The van der Waals surface area contributed by atoms with Gasteiger partial charge >= 0.3 is 0 Å². The third-order valence-electron chi connectivity index (χ3n) is 2.80. The molecule has 0 fully saturated rings. The molecule has 1 aromatic rings. The Morgan fingerprint density at radius 2 is 2.00 bits per heavy atom. The minimum absolute atomic E-state index is 0.184. The fourth-order valence-electron chi connectivity index (χ4n) is 1.93. The zero-order valence-corrected chi connectivity index (χ0v) is 11.3. The molecule has 96 valence electrons. The van der Waals surface area contributed by atoms with Gasteiger partial charge in [0, 0.05) is 16.3 Å². The van der Waals surface area contributed by atoms with E-state index in [2.05, 4.69) is 4.98 Å². The van der Waals surface area contributed by atoms with Gasteiger partial charge in [0.15, 0.2) is 11.2 Å². The van der Waals surface area contributed by atoms with Crippen LogP contribution in [-0.4, -0.2) is 10.8 Å². The second-order valence-electron chi connectivity index (χ2n) is 4.03. The molecule has 0 radical (unpaired) electrons. The van der Waals surface area contributed by atoms with Crippen LogP contribution < -0.4 is 16.0 Å². The van der Waals surface area contributed by atoms with Gasteiger partial charge in [-0.25, -0.2) is 0 Å². The average Bonchev–Trinajstić information content (AvgIpc) is 2.34. The van der Waals surface area contributed by atoms with Crippen molar-refractivity contribution in [1.29, 1.82) is 0 Å². The van der Waals surface area contributed by atoms with Crippen LogP contribution in [0.4, 0.5) is 0 Å². The molecule has 1 N–H and O–H groups in total. The Hall–Kier alpha value is -1.90. The van der Waals surface area contributed by atoms with E-state index in [4.69, 9.17) is 0 Å². The number of carbonyl (C=O) groups excluding carboxylic acids is 1. The number of hydrogen-bond acceptors (Lipinski definition) is 2. The molecular weight excluding hydrogens is 226 g/mol. The molecule has 1 aromatic heterocycles. The average molecular weight is 245 g/mol. The SMILES string of the molecule is C\C=C/C=c1/[nH]c(CC)c(C(C)=O)c(=O)/c1=C/C. The highest BCUT2D eigenvalue weighted by Gasteiger charge is 2.12. The highest BCUT2D eigenvalue weighted by Crippen LogP contribution is 1.98. The Morgan fingerprint density at radius 3 is 2.44 bits per heavy atom. The molecule has 0 unspecified atom stereocenters. The molecule has 0 aliphatic rings. The van der Waals surface area contributed by atoms with Crippen LogP contribution in [0.1, 0.15) is 43.7 Å². The first-order valence-corrected chi connectivity index (χ1v) is 6.12. The summed E-state index contributed by atoms with van der Waals surface area (Å²) >= 11 is 0. The van der Waals surface area contributed by atoms with E-state index in [1.807, 2.05) is 32.1 Å². The third kappa shape index (κ3) is 2.67. The van der Waals surface area contributed by atoms with Crippen molar-refractivity contribution >= 4 is 17.9 Å². The summed E-state index contributed by atoms with van der Waals surface area (Å²) in [6.07, 6.45) is 7.97. The molecule has 0 saturated carbocycles. The number of aryl methyl sites for hydroxylation is 1. The normalized spacial score (nSPS) is 13.6. The third-order valence-corrected chi connectivity index (χ3v) is 2.80. The lowest BCUT2D eigenvalue weighted by Gasteiger charge is -2.04. The van der Waals surface area contributed by atoms with Crippen molar-refractivity contribution in [3.8, 4) is 0 Å². The molecule has 0 aliphatic heterocycles. The molecule has 0 aromatic carbocycles. The van der Waals surface area contributed by atoms with E-state index in [1.165, 1.54) is 6.92 Å². The second kappa shape index (κ2) is 6.15. The summed E-state index contributed by atoms with van der Waals surface area (Å²) in [6.45, 7) is 7.06. The molecule has 18 heavy (non-hydrogen) atoms. The molecule has 0 bridgehead atoms. The highest BCUT2D eigenvalue weighted by molar-refractivity contribution is 5.95. The minimum Gasteiger partial charge on any atom is -0.358 e. The van der Waals surface area contributed by atoms with Gasteiger partial charge < -0.3 is 4.98 Å². The van der Waals surface area contributed by atoms with Crippen molar-refractivity contribution in [2.24, 2.45) is 0 Å². The van der Waals surface area contributed by atoms with Gasteiger partial charge in [-0.2, -0.15) is 0 Å². The number of aromatic nitrogens is 1. The van der Waals surface area contributed by atoms with E-state index in [-0.39, 0.29) is 16.8 Å². The summed E-state index contributed by atoms with van der Waals surface area (Å²) in [6, 6.07) is 0. The summed E-state index contributed by atoms with van der Waals surface area (Å²) in [7, 11) is 0. The number of ketones is 1. The Morgan fingerprint density at radius 1 is 1.33 bits per heavy atom. The maximum atomic E-state index is 12.3. The standard InChI is InChI=1S/C15H19NO2/c1-5-8-9-13-11(6-2)15(18)14(10(4)17)12(7-3)16-13/h5-6,8-9,16H,7H2,1-4H3/b8-5-,11-6+,13-9+. The van der Waals surface area contributed by atoms with Gasteiger partial charge in [-0.1, -0.05) is 25.2 Å². The molecular formula is C15H19NO2. The number of nitrogens with one attached hydrogen (secondary N) is 1. The summed E-state index contributed by atoms with van der Waals surface area (Å²) in [5.74, 6) is -0.186. The lowest BCUT2D eigenvalue weighted by molar-refractivity contribution is 0.101. The highest BCUT2D eigenvalue weighted by atomic mass is 16.1. The Balaban J connectivity index is 3.88. The number of rotatable bonds is 3. The smallest absolute Gasteiger partial charge is 0.200 e. The number of H-pyrrole nitrogens is 1. The summed E-state index contributed by atoms with van der Waals surface area (Å²) in [5.41, 5.74) is 0.799. The molecule has 0 spiro atoms. The number of allylic oxidation sites excluding steroid dienone is 2. The molecule has 0 saturated heterocycles. The quantitative estimate of drug-likeness (QED) is 0.816. The molecule has 3 heteroatoms. The maximum absolute atomic E-state index is 12.3. The van der Waals surface area contributed by atoms with Gasteiger partial charge in [-0.15, -0.1) is 0 Å². The van der Waals surface area contributed by atoms with Crippen LogP contribution in [0.15, 0.2) is 16.9 Å². The largest absolute Gasteiger partial charge is 0.358 e. The van der Waals surface area contributed by atoms with Gasteiger partial charge in [-0.3, -0.25) is 9.59 Å². The van der Waals surface area contributed by atoms with E-state index >= 15 is 0 Å². The van der Waals surface area contributed by atoms with E-state index in [1.54, 1.807) is 13.0 Å². The van der Waals surface area contributed by atoms with Crippen molar-refractivity contribution in [2.45, 2.75) is 34.1 Å². The van der Waals surface area contributed by atoms with E-state index in [9.17, 15) is 9.59 Å². The lowest BCUT2D eigenvalue weighted by atomic mass is 10.1. The monoisotopic (exact) mass is 245 g/mol. The fourth-order valence-corrected chi connectivity index (χ4v) is 1.93. The number of carbonyl (C=O) groups is 1. The maximum Gasteiger partial charge on any atom is 0.200 e. The molecule has 0 amide bonds. The summed E-state index contributed by atoms with van der Waals surface area (Å²) in [4.78, 5) is 27.1. The van der Waals surface area contributed by atoms with Crippen LogP contribution in [0.3, 0.4) is 0 Å². The van der Waals surface area contributed by atoms with E-state index < -0.39 is 0 Å². The van der Waals surface area contributed by atoms with Crippen LogP contribution in [0, 0.1) is 0 Å². The van der Waals surface area contributed by atoms with E-state index in [0.29, 0.717) is 17.3 Å². The van der Waals surface area contributed by atoms with Crippen molar-refractivity contribution in [1.82, 2.24) is 4.98 Å². The molecule has 0 atom stereocenters. The summed E-state index contributed by atoms with van der Waals surface area (Å²) in [5, 5.41) is 1.30. The van der Waals surface area contributed by atoms with Gasteiger partial charge in [0.25, 0.3) is 0 Å². The van der Waals surface area contributed by atoms with Crippen LogP contribution in [-0.2, 0) is 6.42 Å². The molecule has 0 aliphatic carbocycles. The minimum atomic E-state index is -0.186.